The largest absolute Gasteiger partial charge is 0.452 e. The van der Waals surface area contributed by atoms with E-state index in [1.54, 1.807) is 31.2 Å². The van der Waals surface area contributed by atoms with Crippen molar-refractivity contribution >= 4 is 23.5 Å². The SMILES string of the molecule is C[C@H](NC(=O)COC(=O)c1cccc(C(F)(F)F)c1)c1ccccc1Cl. The molecule has 0 bridgehead atoms. The van der Waals surface area contributed by atoms with Crippen molar-refractivity contribution in [2.24, 2.45) is 0 Å². The van der Waals surface area contributed by atoms with E-state index in [-0.39, 0.29) is 5.56 Å². The van der Waals surface area contributed by atoms with Crippen LogP contribution >= 0.6 is 11.6 Å². The van der Waals surface area contributed by atoms with Gasteiger partial charge in [-0.25, -0.2) is 4.79 Å². The quantitative estimate of drug-likeness (QED) is 0.776. The van der Waals surface area contributed by atoms with E-state index in [0.717, 1.165) is 12.1 Å². The lowest BCUT2D eigenvalue weighted by Crippen LogP contribution is -2.31. The van der Waals surface area contributed by atoms with Crippen LogP contribution in [0.4, 0.5) is 13.2 Å². The zero-order valence-corrected chi connectivity index (χ0v) is 14.4. The number of esters is 1. The minimum Gasteiger partial charge on any atom is -0.452 e. The van der Waals surface area contributed by atoms with Crippen LogP contribution in [-0.4, -0.2) is 18.5 Å². The second kappa shape index (κ2) is 8.23. The highest BCUT2D eigenvalue weighted by molar-refractivity contribution is 6.31. The van der Waals surface area contributed by atoms with Gasteiger partial charge in [-0.15, -0.1) is 0 Å². The predicted molar refractivity (Wildman–Crippen MR) is 89.7 cm³/mol. The van der Waals surface area contributed by atoms with Gasteiger partial charge >= 0.3 is 12.1 Å². The normalized spacial score (nSPS) is 12.3. The van der Waals surface area contributed by atoms with Gasteiger partial charge in [0, 0.05) is 5.02 Å². The summed E-state index contributed by atoms with van der Waals surface area (Å²) in [4.78, 5) is 23.7. The van der Waals surface area contributed by atoms with Gasteiger partial charge in [0.15, 0.2) is 6.61 Å². The summed E-state index contributed by atoms with van der Waals surface area (Å²) < 4.78 is 42.7. The number of rotatable bonds is 5. The van der Waals surface area contributed by atoms with Crippen molar-refractivity contribution in [3.63, 3.8) is 0 Å². The molecule has 1 atom stereocenters. The van der Waals surface area contributed by atoms with Crippen molar-refractivity contribution in [2.45, 2.75) is 19.1 Å². The smallest absolute Gasteiger partial charge is 0.416 e. The molecule has 0 radical (unpaired) electrons. The minimum absolute atomic E-state index is 0.285. The van der Waals surface area contributed by atoms with Gasteiger partial charge in [0.05, 0.1) is 17.2 Å². The number of carbonyl (C=O) groups excluding carboxylic acids is 2. The maximum atomic E-state index is 12.7. The first-order chi connectivity index (χ1) is 12.2. The van der Waals surface area contributed by atoms with E-state index < -0.39 is 36.3 Å². The Morgan fingerprint density at radius 1 is 1.15 bits per heavy atom. The molecule has 26 heavy (non-hydrogen) atoms. The highest BCUT2D eigenvalue weighted by atomic mass is 35.5. The molecule has 0 unspecified atom stereocenters. The molecule has 0 heterocycles. The third kappa shape index (κ3) is 5.23. The van der Waals surface area contributed by atoms with Crippen LogP contribution in [0.3, 0.4) is 0 Å². The second-order valence-corrected chi connectivity index (χ2v) is 5.87. The Hall–Kier alpha value is -2.54. The van der Waals surface area contributed by atoms with Crippen LogP contribution in [0.15, 0.2) is 48.5 Å². The summed E-state index contributed by atoms with van der Waals surface area (Å²) >= 11 is 6.03. The van der Waals surface area contributed by atoms with Gasteiger partial charge in [0.25, 0.3) is 5.91 Å². The van der Waals surface area contributed by atoms with E-state index in [1.165, 1.54) is 6.07 Å². The molecule has 138 valence electrons. The number of halogens is 4. The Balaban J connectivity index is 1.93. The Morgan fingerprint density at radius 2 is 1.85 bits per heavy atom. The highest BCUT2D eigenvalue weighted by Gasteiger charge is 2.31. The molecule has 0 spiro atoms. The van der Waals surface area contributed by atoms with Crippen molar-refractivity contribution in [2.75, 3.05) is 6.61 Å². The van der Waals surface area contributed by atoms with Crippen LogP contribution in [0.1, 0.15) is 34.5 Å². The third-order valence-electron chi connectivity index (χ3n) is 3.51. The topological polar surface area (TPSA) is 55.4 Å². The second-order valence-electron chi connectivity index (χ2n) is 5.47. The summed E-state index contributed by atoms with van der Waals surface area (Å²) in [5.41, 5.74) is -0.567. The molecule has 2 rings (SSSR count). The van der Waals surface area contributed by atoms with Crippen LogP contribution in [0.2, 0.25) is 5.02 Å². The molecule has 4 nitrogen and oxygen atoms in total. The number of hydrogen-bond donors (Lipinski definition) is 1. The lowest BCUT2D eigenvalue weighted by atomic mass is 10.1. The van der Waals surface area contributed by atoms with E-state index in [4.69, 9.17) is 16.3 Å². The lowest BCUT2D eigenvalue weighted by molar-refractivity contribution is -0.137. The average Bonchev–Trinajstić information content (AvgIpc) is 2.59. The zero-order valence-electron chi connectivity index (χ0n) is 13.6. The van der Waals surface area contributed by atoms with E-state index in [2.05, 4.69) is 5.32 Å². The van der Waals surface area contributed by atoms with Crippen LogP contribution in [0.25, 0.3) is 0 Å². The van der Waals surface area contributed by atoms with Crippen LogP contribution in [-0.2, 0) is 15.7 Å². The van der Waals surface area contributed by atoms with Crippen LogP contribution in [0.5, 0.6) is 0 Å². The summed E-state index contributed by atoms with van der Waals surface area (Å²) in [7, 11) is 0. The number of amides is 1. The molecule has 0 saturated carbocycles. The van der Waals surface area contributed by atoms with Crippen LogP contribution in [0, 0.1) is 0 Å². The van der Waals surface area contributed by atoms with Gasteiger partial charge in [-0.3, -0.25) is 4.79 Å². The Labute approximate surface area is 152 Å². The summed E-state index contributed by atoms with van der Waals surface area (Å²) in [5, 5.41) is 3.07. The van der Waals surface area contributed by atoms with Crippen molar-refractivity contribution in [1.82, 2.24) is 5.32 Å². The monoisotopic (exact) mass is 385 g/mol. The summed E-state index contributed by atoms with van der Waals surface area (Å²) in [6.45, 7) is 1.08. The van der Waals surface area contributed by atoms with E-state index >= 15 is 0 Å². The van der Waals surface area contributed by atoms with Crippen molar-refractivity contribution in [1.29, 1.82) is 0 Å². The first kappa shape index (κ1) is 19.8. The number of ether oxygens (including phenoxy) is 1. The van der Waals surface area contributed by atoms with E-state index in [9.17, 15) is 22.8 Å². The minimum atomic E-state index is -4.57. The van der Waals surface area contributed by atoms with Gasteiger partial charge in [-0.2, -0.15) is 13.2 Å². The number of benzene rings is 2. The molecule has 8 heteroatoms. The average molecular weight is 386 g/mol. The Morgan fingerprint density at radius 3 is 2.50 bits per heavy atom. The first-order valence-electron chi connectivity index (χ1n) is 7.56. The van der Waals surface area contributed by atoms with Crippen molar-refractivity contribution in [3.05, 3.63) is 70.2 Å². The van der Waals surface area contributed by atoms with Crippen molar-refractivity contribution in [3.8, 4) is 0 Å². The molecule has 0 aliphatic rings. The molecule has 0 aromatic heterocycles. The van der Waals surface area contributed by atoms with Crippen molar-refractivity contribution < 1.29 is 27.5 Å². The summed E-state index contributed by atoms with van der Waals surface area (Å²) in [6.07, 6.45) is -4.57. The number of alkyl halides is 3. The molecule has 0 fully saturated rings. The van der Waals surface area contributed by atoms with Gasteiger partial charge < -0.3 is 10.1 Å². The summed E-state index contributed by atoms with van der Waals surface area (Å²) in [6, 6.07) is 10.3. The first-order valence-corrected chi connectivity index (χ1v) is 7.94. The third-order valence-corrected chi connectivity index (χ3v) is 3.85. The lowest BCUT2D eigenvalue weighted by Gasteiger charge is -2.15. The molecule has 1 N–H and O–H groups in total. The predicted octanol–water partition coefficient (Wildman–Crippen LogP) is 4.39. The number of hydrogen-bond acceptors (Lipinski definition) is 3. The van der Waals surface area contributed by atoms with Gasteiger partial charge in [-0.05, 0) is 36.8 Å². The highest BCUT2D eigenvalue weighted by Crippen LogP contribution is 2.29. The van der Waals surface area contributed by atoms with E-state index in [1.807, 2.05) is 0 Å². The molecule has 0 aliphatic heterocycles. The molecule has 2 aromatic carbocycles. The molecule has 1 amide bonds. The Kier molecular flexibility index (Phi) is 6.26. The number of carbonyl (C=O) groups is 2. The maximum absolute atomic E-state index is 12.7. The molecule has 0 saturated heterocycles. The van der Waals surface area contributed by atoms with Gasteiger partial charge in [-0.1, -0.05) is 35.9 Å². The molecule has 0 aliphatic carbocycles. The standard InChI is InChI=1S/C18H15ClF3NO3/c1-11(14-7-2-3-8-15(14)19)23-16(24)10-26-17(25)12-5-4-6-13(9-12)18(20,21)22/h2-9,11H,10H2,1H3,(H,23,24)/t11-/m0/s1. The maximum Gasteiger partial charge on any atom is 0.416 e. The zero-order chi connectivity index (χ0) is 19.3. The Bertz CT molecular complexity index is 808. The fourth-order valence-corrected chi connectivity index (χ4v) is 2.52. The summed E-state index contributed by atoms with van der Waals surface area (Å²) in [5.74, 6) is -1.62. The number of nitrogens with one attached hydrogen (secondary N) is 1. The molecule has 2 aromatic rings. The van der Waals surface area contributed by atoms with Gasteiger partial charge in [0.2, 0.25) is 0 Å². The molecular formula is C18H15ClF3NO3. The molecular weight excluding hydrogens is 371 g/mol. The van der Waals surface area contributed by atoms with Gasteiger partial charge in [0.1, 0.15) is 0 Å². The van der Waals surface area contributed by atoms with Crippen LogP contribution < -0.4 is 5.32 Å². The fraction of sp³-hybridized carbons (Fsp3) is 0.222. The fourth-order valence-electron chi connectivity index (χ4n) is 2.22. The van der Waals surface area contributed by atoms with E-state index in [0.29, 0.717) is 16.7 Å².